The summed E-state index contributed by atoms with van der Waals surface area (Å²) in [4.78, 5) is 2.38. The van der Waals surface area contributed by atoms with Crippen molar-refractivity contribution in [1.82, 2.24) is 9.21 Å². The molecule has 1 aromatic rings. The molecule has 0 spiro atoms. The lowest BCUT2D eigenvalue weighted by Crippen LogP contribution is -2.41. The molecule has 24 heavy (non-hydrogen) atoms. The molecule has 2 heterocycles. The maximum atomic E-state index is 13.2. The van der Waals surface area contributed by atoms with Gasteiger partial charge in [0.2, 0.25) is 10.0 Å². The Morgan fingerprint density at radius 2 is 1.50 bits per heavy atom. The van der Waals surface area contributed by atoms with E-state index in [0.29, 0.717) is 57.5 Å². The van der Waals surface area contributed by atoms with Crippen molar-refractivity contribution >= 4 is 14.9 Å². The Bertz CT molecular complexity index is 673. The molecule has 0 aromatic heterocycles. The Morgan fingerprint density at radius 3 is 2.08 bits per heavy atom. The number of benzene rings is 1. The van der Waals surface area contributed by atoms with Crippen LogP contribution in [0.3, 0.4) is 0 Å². The lowest BCUT2D eigenvalue weighted by molar-refractivity contribution is 0.0596. The molecule has 0 saturated carbocycles. The van der Waals surface area contributed by atoms with Crippen molar-refractivity contribution < 1.29 is 17.9 Å². The minimum Gasteiger partial charge on any atom is -0.379 e. The van der Waals surface area contributed by atoms with Crippen LogP contribution in [0.4, 0.5) is 0 Å². The van der Waals surface area contributed by atoms with Crippen molar-refractivity contribution in [3.05, 3.63) is 41.6 Å². The Morgan fingerprint density at radius 1 is 0.958 bits per heavy atom. The van der Waals surface area contributed by atoms with Gasteiger partial charge in [0.25, 0.3) is 0 Å². The molecule has 0 bridgehead atoms. The molecule has 0 aliphatic carbocycles. The summed E-state index contributed by atoms with van der Waals surface area (Å²) in [6.07, 6.45) is 1.78. The van der Waals surface area contributed by atoms with Gasteiger partial charge in [-0.05, 0) is 12.5 Å². The summed E-state index contributed by atoms with van der Waals surface area (Å²) in [7, 11) is -3.56. The lowest BCUT2D eigenvalue weighted by Gasteiger charge is -2.30. The van der Waals surface area contributed by atoms with Gasteiger partial charge in [0.15, 0.2) is 0 Å². The first-order chi connectivity index (χ1) is 11.6. The van der Waals surface area contributed by atoms with E-state index in [1.54, 1.807) is 6.20 Å². The molecule has 0 radical (unpaired) electrons. The van der Waals surface area contributed by atoms with E-state index in [4.69, 9.17) is 9.47 Å². The highest BCUT2D eigenvalue weighted by molar-refractivity contribution is 7.98. The van der Waals surface area contributed by atoms with E-state index in [1.165, 1.54) is 4.31 Å². The fraction of sp³-hybridized carbons (Fsp3) is 0.529. The second kappa shape index (κ2) is 7.65. The number of aryl methyl sites for hydroxylation is 1. The lowest BCUT2D eigenvalue weighted by atomic mass is 10.1. The van der Waals surface area contributed by atoms with Gasteiger partial charge in [-0.25, -0.2) is 8.42 Å². The van der Waals surface area contributed by atoms with Gasteiger partial charge in [0.05, 0.1) is 26.4 Å². The van der Waals surface area contributed by atoms with E-state index < -0.39 is 10.0 Å². The number of morpholine rings is 2. The van der Waals surface area contributed by atoms with Gasteiger partial charge in [-0.2, -0.15) is 4.31 Å². The van der Waals surface area contributed by atoms with Crippen molar-refractivity contribution in [2.24, 2.45) is 0 Å². The summed E-state index contributed by atoms with van der Waals surface area (Å²) in [5.41, 5.74) is 1.83. The van der Waals surface area contributed by atoms with Crippen LogP contribution in [0, 0.1) is 6.92 Å². The highest BCUT2D eigenvalue weighted by atomic mass is 32.2. The minimum absolute atomic E-state index is 0.353. The van der Waals surface area contributed by atoms with E-state index in [0.717, 1.165) is 11.1 Å². The van der Waals surface area contributed by atoms with Crippen LogP contribution in [0.15, 0.2) is 30.5 Å². The molecule has 132 valence electrons. The first kappa shape index (κ1) is 17.4. The fourth-order valence-corrected chi connectivity index (χ4v) is 4.43. The monoisotopic (exact) mass is 352 g/mol. The minimum atomic E-state index is -3.56. The molecule has 1 aromatic carbocycles. The summed E-state index contributed by atoms with van der Waals surface area (Å²) in [6, 6.07) is 7.63. The molecule has 0 N–H and O–H groups in total. The van der Waals surface area contributed by atoms with Crippen LogP contribution in [0.25, 0.3) is 4.91 Å². The average molecular weight is 352 g/mol. The van der Waals surface area contributed by atoms with Crippen LogP contribution in [0.2, 0.25) is 0 Å². The third kappa shape index (κ3) is 3.97. The van der Waals surface area contributed by atoms with Crippen LogP contribution in [0.5, 0.6) is 0 Å². The molecule has 2 aliphatic rings. The maximum absolute atomic E-state index is 13.2. The quantitative estimate of drug-likeness (QED) is 0.817. The zero-order valence-electron chi connectivity index (χ0n) is 14.0. The SMILES string of the molecule is Cc1ccc(/C(=C\N2CCOCC2)S(=O)(=O)N2CCOCC2)cc1. The Hall–Kier alpha value is -1.41. The van der Waals surface area contributed by atoms with E-state index in [1.807, 2.05) is 36.1 Å². The van der Waals surface area contributed by atoms with Crippen LogP contribution in [0.1, 0.15) is 11.1 Å². The van der Waals surface area contributed by atoms with E-state index in [2.05, 4.69) is 0 Å². The van der Waals surface area contributed by atoms with Gasteiger partial charge in [0, 0.05) is 32.4 Å². The van der Waals surface area contributed by atoms with E-state index in [9.17, 15) is 8.42 Å². The predicted molar refractivity (Wildman–Crippen MR) is 92.9 cm³/mol. The molecule has 3 rings (SSSR count). The average Bonchev–Trinajstić information content (AvgIpc) is 2.62. The third-order valence-electron chi connectivity index (χ3n) is 4.27. The van der Waals surface area contributed by atoms with Crippen molar-refractivity contribution in [2.45, 2.75) is 6.92 Å². The smallest absolute Gasteiger partial charge is 0.245 e. The molecular formula is C17H24N2O4S. The van der Waals surface area contributed by atoms with Gasteiger partial charge >= 0.3 is 0 Å². The van der Waals surface area contributed by atoms with E-state index >= 15 is 0 Å². The number of nitrogens with zero attached hydrogens (tertiary/aromatic N) is 2. The normalized spacial score (nSPS) is 21.0. The number of sulfonamides is 1. The summed E-state index contributed by atoms with van der Waals surface area (Å²) >= 11 is 0. The molecule has 2 aliphatic heterocycles. The predicted octanol–water partition coefficient (Wildman–Crippen LogP) is 1.29. The topological polar surface area (TPSA) is 59.1 Å². The van der Waals surface area contributed by atoms with Gasteiger partial charge in [-0.15, -0.1) is 0 Å². The van der Waals surface area contributed by atoms with Gasteiger partial charge in [-0.1, -0.05) is 29.8 Å². The van der Waals surface area contributed by atoms with Crippen molar-refractivity contribution in [3.63, 3.8) is 0 Å². The Kier molecular flexibility index (Phi) is 5.55. The summed E-state index contributed by atoms with van der Waals surface area (Å²) < 4.78 is 38.5. The first-order valence-corrected chi connectivity index (χ1v) is 9.70. The standard InChI is InChI=1S/C17H24N2O4S/c1-15-2-4-16(5-3-15)17(14-18-6-10-22-11-7-18)24(20,21)19-8-12-23-13-9-19/h2-5,14H,6-13H2,1H3/b17-14+. The molecule has 7 heteroatoms. The zero-order valence-corrected chi connectivity index (χ0v) is 14.8. The van der Waals surface area contributed by atoms with E-state index in [-0.39, 0.29) is 0 Å². The third-order valence-corrected chi connectivity index (χ3v) is 6.21. The maximum Gasteiger partial charge on any atom is 0.245 e. The summed E-state index contributed by atoms with van der Waals surface area (Å²) in [6.45, 7) is 6.32. The Balaban J connectivity index is 1.97. The number of ether oxygens (including phenoxy) is 2. The zero-order chi connectivity index (χ0) is 17.0. The van der Waals surface area contributed by atoms with Crippen LogP contribution >= 0.6 is 0 Å². The molecule has 0 unspecified atom stereocenters. The summed E-state index contributed by atoms with van der Waals surface area (Å²) in [5.74, 6) is 0. The molecule has 2 saturated heterocycles. The number of hydrogen-bond acceptors (Lipinski definition) is 5. The molecule has 0 amide bonds. The highest BCUT2D eigenvalue weighted by Gasteiger charge is 2.30. The highest BCUT2D eigenvalue weighted by Crippen LogP contribution is 2.26. The number of hydrogen-bond donors (Lipinski definition) is 0. The van der Waals surface area contributed by atoms with Crippen LogP contribution < -0.4 is 0 Å². The molecule has 0 atom stereocenters. The van der Waals surface area contributed by atoms with Crippen molar-refractivity contribution in [2.75, 3.05) is 52.6 Å². The molecule has 2 fully saturated rings. The van der Waals surface area contributed by atoms with Crippen molar-refractivity contribution in [1.29, 1.82) is 0 Å². The second-order valence-electron chi connectivity index (χ2n) is 6.02. The van der Waals surface area contributed by atoms with Crippen LogP contribution in [-0.2, 0) is 19.5 Å². The fourth-order valence-electron chi connectivity index (χ4n) is 2.81. The molecular weight excluding hydrogens is 328 g/mol. The summed E-state index contributed by atoms with van der Waals surface area (Å²) in [5, 5.41) is 0. The second-order valence-corrected chi connectivity index (χ2v) is 7.93. The number of rotatable bonds is 4. The van der Waals surface area contributed by atoms with Gasteiger partial charge < -0.3 is 14.4 Å². The van der Waals surface area contributed by atoms with Gasteiger partial charge in [0.1, 0.15) is 4.91 Å². The van der Waals surface area contributed by atoms with Crippen LogP contribution in [-0.4, -0.2) is 70.2 Å². The first-order valence-electron chi connectivity index (χ1n) is 8.26. The van der Waals surface area contributed by atoms with Gasteiger partial charge in [-0.3, -0.25) is 0 Å². The Labute approximate surface area is 143 Å². The molecule has 6 nitrogen and oxygen atoms in total. The van der Waals surface area contributed by atoms with Crippen molar-refractivity contribution in [3.8, 4) is 0 Å². The largest absolute Gasteiger partial charge is 0.379 e.